The number of rotatable bonds is 8. The summed E-state index contributed by atoms with van der Waals surface area (Å²) in [5, 5.41) is 15.3. The molecule has 0 radical (unpaired) electrons. The molecule has 0 saturated carbocycles. The maximum atomic E-state index is 12.3. The monoisotopic (exact) mass is 313 g/mol. The van der Waals surface area contributed by atoms with E-state index in [0.717, 1.165) is 11.8 Å². The van der Waals surface area contributed by atoms with Gasteiger partial charge in [-0.05, 0) is 38.5 Å². The van der Waals surface area contributed by atoms with Crippen molar-refractivity contribution in [1.82, 2.24) is 10.6 Å². The van der Waals surface area contributed by atoms with E-state index < -0.39 is 11.3 Å². The van der Waals surface area contributed by atoms with Crippen LogP contribution >= 0.6 is 11.8 Å². The summed E-state index contributed by atoms with van der Waals surface area (Å²) >= 11 is 0.864. The number of carbonyl (C=O) groups excluding carboxylic acids is 3. The molecule has 1 saturated heterocycles. The molecule has 7 nitrogen and oxygen atoms in total. The van der Waals surface area contributed by atoms with Crippen LogP contribution in [0, 0.1) is 10.7 Å². The largest absolute Gasteiger partial charge is 0.466 e. The standard InChI is InChI=1S/C13H19N3O4S/c1-3-20-10(17)6-4-5-9(21-7-14)12(18)11-8(2)15-13(19)16-11/h8-9,11H,3-6H2,1-2H3,(H2,15,16,19). The Morgan fingerprint density at radius 3 is 2.71 bits per heavy atom. The molecule has 8 heteroatoms. The Kier molecular flexibility index (Phi) is 7.02. The van der Waals surface area contributed by atoms with Crippen LogP contribution in [-0.2, 0) is 14.3 Å². The van der Waals surface area contributed by atoms with Gasteiger partial charge in [-0.1, -0.05) is 0 Å². The average Bonchev–Trinajstić information content (AvgIpc) is 2.76. The maximum absolute atomic E-state index is 12.3. The lowest BCUT2D eigenvalue weighted by molar-refractivity contribution is -0.143. The number of esters is 1. The van der Waals surface area contributed by atoms with Gasteiger partial charge in [0, 0.05) is 6.42 Å². The predicted octanol–water partition coefficient (Wildman–Crippen LogP) is 0.942. The normalized spacial score (nSPS) is 21.9. The second-order valence-corrected chi connectivity index (χ2v) is 5.67. The summed E-state index contributed by atoms with van der Waals surface area (Å²) in [6, 6.07) is -1.32. The molecule has 0 aromatic heterocycles. The molecule has 1 aliphatic heterocycles. The van der Waals surface area contributed by atoms with Crippen LogP contribution in [0.3, 0.4) is 0 Å². The minimum absolute atomic E-state index is 0.198. The Balaban J connectivity index is 2.52. The Hall–Kier alpha value is -1.75. The molecule has 3 unspecified atom stereocenters. The van der Waals surface area contributed by atoms with Gasteiger partial charge in [0.1, 0.15) is 11.4 Å². The van der Waals surface area contributed by atoms with E-state index in [9.17, 15) is 14.4 Å². The molecule has 1 rings (SSSR count). The molecule has 0 aromatic carbocycles. The van der Waals surface area contributed by atoms with Crippen LogP contribution in [0.25, 0.3) is 0 Å². The fourth-order valence-corrected chi connectivity index (χ4v) is 2.78. The number of nitriles is 1. The van der Waals surface area contributed by atoms with E-state index >= 15 is 0 Å². The number of urea groups is 1. The van der Waals surface area contributed by atoms with Crippen molar-refractivity contribution < 1.29 is 19.1 Å². The topological polar surface area (TPSA) is 108 Å². The molecule has 3 atom stereocenters. The van der Waals surface area contributed by atoms with Crippen molar-refractivity contribution in [3.05, 3.63) is 0 Å². The summed E-state index contributed by atoms with van der Waals surface area (Å²) < 4.78 is 4.81. The van der Waals surface area contributed by atoms with Gasteiger partial charge in [-0.25, -0.2) is 4.79 Å². The van der Waals surface area contributed by atoms with Crippen LogP contribution in [0.1, 0.15) is 33.1 Å². The van der Waals surface area contributed by atoms with Crippen molar-refractivity contribution in [2.24, 2.45) is 0 Å². The quantitative estimate of drug-likeness (QED) is 0.510. The van der Waals surface area contributed by atoms with E-state index in [1.807, 2.05) is 5.40 Å². The number of amides is 2. The highest BCUT2D eigenvalue weighted by Crippen LogP contribution is 2.21. The third kappa shape index (κ3) is 5.27. The highest BCUT2D eigenvalue weighted by Gasteiger charge is 2.37. The number of nitrogens with zero attached hydrogens (tertiary/aromatic N) is 1. The van der Waals surface area contributed by atoms with Gasteiger partial charge < -0.3 is 15.4 Å². The Bertz CT molecular complexity index is 449. The van der Waals surface area contributed by atoms with Gasteiger partial charge in [-0.3, -0.25) is 9.59 Å². The van der Waals surface area contributed by atoms with Crippen LogP contribution in [0.4, 0.5) is 4.79 Å². The Labute approximate surface area is 127 Å². The zero-order valence-electron chi connectivity index (χ0n) is 12.0. The Morgan fingerprint density at radius 2 is 2.19 bits per heavy atom. The van der Waals surface area contributed by atoms with Gasteiger partial charge in [0.05, 0.1) is 17.9 Å². The van der Waals surface area contributed by atoms with Crippen LogP contribution in [0.2, 0.25) is 0 Å². The van der Waals surface area contributed by atoms with Gasteiger partial charge in [0.25, 0.3) is 0 Å². The summed E-state index contributed by atoms with van der Waals surface area (Å²) in [7, 11) is 0. The number of ketones is 1. The first-order valence-electron chi connectivity index (χ1n) is 6.80. The molecule has 21 heavy (non-hydrogen) atoms. The summed E-state index contributed by atoms with van der Waals surface area (Å²) in [5.41, 5.74) is 0. The number of hydrogen-bond acceptors (Lipinski definition) is 6. The molecule has 1 fully saturated rings. The molecule has 2 N–H and O–H groups in total. The summed E-state index contributed by atoms with van der Waals surface area (Å²) in [6.07, 6.45) is 1.08. The van der Waals surface area contributed by atoms with E-state index in [2.05, 4.69) is 10.6 Å². The van der Waals surface area contributed by atoms with Crippen molar-refractivity contribution in [2.45, 2.75) is 50.4 Å². The zero-order valence-corrected chi connectivity index (χ0v) is 12.9. The molecular weight excluding hydrogens is 294 g/mol. The molecule has 116 valence electrons. The summed E-state index contributed by atoms with van der Waals surface area (Å²) in [4.78, 5) is 34.8. The van der Waals surface area contributed by atoms with E-state index in [-0.39, 0.29) is 30.2 Å². The first kappa shape index (κ1) is 17.3. The lowest BCUT2D eigenvalue weighted by Gasteiger charge is -2.18. The zero-order chi connectivity index (χ0) is 15.8. The molecule has 1 heterocycles. The van der Waals surface area contributed by atoms with Gasteiger partial charge in [-0.15, -0.1) is 0 Å². The second kappa shape index (κ2) is 8.52. The average molecular weight is 313 g/mol. The Morgan fingerprint density at radius 1 is 1.48 bits per heavy atom. The molecule has 1 aliphatic rings. The fraction of sp³-hybridized carbons (Fsp3) is 0.692. The number of thiocyanates is 1. The third-order valence-electron chi connectivity index (χ3n) is 3.12. The third-order valence-corrected chi connectivity index (χ3v) is 3.97. The SMILES string of the molecule is CCOC(=O)CCCC(SC#N)C(=O)C1NC(=O)NC1C. The molecular formula is C13H19N3O4S. The van der Waals surface area contributed by atoms with Crippen molar-refractivity contribution in [3.8, 4) is 5.40 Å². The van der Waals surface area contributed by atoms with Crippen LogP contribution in [-0.4, -0.2) is 41.7 Å². The van der Waals surface area contributed by atoms with Gasteiger partial charge >= 0.3 is 12.0 Å². The van der Waals surface area contributed by atoms with E-state index in [1.165, 1.54) is 0 Å². The lowest BCUT2D eigenvalue weighted by Crippen LogP contribution is -2.43. The van der Waals surface area contributed by atoms with Gasteiger partial charge in [0.15, 0.2) is 5.78 Å². The smallest absolute Gasteiger partial charge is 0.315 e. The fourth-order valence-electron chi connectivity index (χ4n) is 2.10. The molecule has 0 aromatic rings. The number of hydrogen-bond donors (Lipinski definition) is 2. The van der Waals surface area contributed by atoms with Crippen LogP contribution in [0.15, 0.2) is 0 Å². The molecule has 0 aliphatic carbocycles. The highest BCUT2D eigenvalue weighted by atomic mass is 32.2. The van der Waals surface area contributed by atoms with Crippen molar-refractivity contribution in [3.63, 3.8) is 0 Å². The van der Waals surface area contributed by atoms with E-state index in [4.69, 9.17) is 10.00 Å². The van der Waals surface area contributed by atoms with E-state index in [0.29, 0.717) is 19.4 Å². The highest BCUT2D eigenvalue weighted by molar-refractivity contribution is 8.05. The van der Waals surface area contributed by atoms with Gasteiger partial charge in [0.2, 0.25) is 0 Å². The van der Waals surface area contributed by atoms with Gasteiger partial charge in [-0.2, -0.15) is 5.26 Å². The molecule has 2 amide bonds. The first-order chi connectivity index (χ1) is 9.99. The molecule has 0 spiro atoms. The number of carbonyl (C=O) groups is 3. The van der Waals surface area contributed by atoms with Crippen LogP contribution in [0.5, 0.6) is 0 Å². The summed E-state index contributed by atoms with van der Waals surface area (Å²) in [6.45, 7) is 3.78. The molecule has 0 bridgehead atoms. The number of nitrogens with one attached hydrogen (secondary N) is 2. The lowest BCUT2D eigenvalue weighted by atomic mass is 10.0. The van der Waals surface area contributed by atoms with Crippen molar-refractivity contribution in [1.29, 1.82) is 5.26 Å². The first-order valence-corrected chi connectivity index (χ1v) is 7.68. The number of ether oxygens (including phenoxy) is 1. The maximum Gasteiger partial charge on any atom is 0.315 e. The second-order valence-electron chi connectivity index (χ2n) is 4.68. The summed E-state index contributed by atoms with van der Waals surface area (Å²) in [5.74, 6) is -0.508. The number of Topliss-reactive ketones (excluding diaryl/α,β-unsaturated/α-hetero) is 1. The van der Waals surface area contributed by atoms with Crippen molar-refractivity contribution >= 4 is 29.5 Å². The van der Waals surface area contributed by atoms with Crippen LogP contribution < -0.4 is 10.6 Å². The van der Waals surface area contributed by atoms with E-state index in [1.54, 1.807) is 13.8 Å². The van der Waals surface area contributed by atoms with Crippen molar-refractivity contribution in [2.75, 3.05) is 6.61 Å². The minimum atomic E-state index is -0.633. The predicted molar refractivity (Wildman–Crippen MR) is 77.4 cm³/mol. The number of thioether (sulfide) groups is 1. The minimum Gasteiger partial charge on any atom is -0.466 e.